The molecule has 32 heavy (non-hydrogen) atoms. The van der Waals surface area contributed by atoms with E-state index >= 15 is 0 Å². The maximum absolute atomic E-state index is 13.1. The van der Waals surface area contributed by atoms with E-state index in [1.165, 1.54) is 0 Å². The Morgan fingerprint density at radius 2 is 1.81 bits per heavy atom. The first-order valence-electron chi connectivity index (χ1n) is 10.7. The second kappa shape index (κ2) is 7.41. The minimum absolute atomic E-state index is 0.0411. The lowest BCUT2D eigenvalue weighted by molar-refractivity contribution is 0.0912. The zero-order valence-corrected chi connectivity index (χ0v) is 18.4. The molecule has 0 unspecified atom stereocenters. The van der Waals surface area contributed by atoms with Gasteiger partial charge in [0.25, 0.3) is 5.91 Å². The zero-order chi connectivity index (χ0) is 22.5. The van der Waals surface area contributed by atoms with Gasteiger partial charge in [0.05, 0.1) is 23.3 Å². The van der Waals surface area contributed by atoms with Crippen molar-refractivity contribution in [3.05, 3.63) is 82.0 Å². The fourth-order valence-electron chi connectivity index (χ4n) is 4.24. The molecule has 2 heterocycles. The molecular weight excluding hydrogens is 402 g/mol. The van der Waals surface area contributed by atoms with E-state index in [0.29, 0.717) is 28.5 Å². The summed E-state index contributed by atoms with van der Waals surface area (Å²) in [6, 6.07) is 18.6. The number of fused-ring (bicyclic) bond motifs is 3. The van der Waals surface area contributed by atoms with Crippen LogP contribution in [0.15, 0.2) is 65.5 Å². The molecule has 1 aromatic heterocycles. The topological polar surface area (TPSA) is 74.4 Å². The van der Waals surface area contributed by atoms with Gasteiger partial charge in [0, 0.05) is 28.9 Å². The average molecular weight is 428 g/mol. The van der Waals surface area contributed by atoms with Crippen LogP contribution in [0.4, 0.5) is 5.69 Å². The number of para-hydroxylation sites is 1. The van der Waals surface area contributed by atoms with Crippen LogP contribution in [-0.4, -0.2) is 31.1 Å². The highest BCUT2D eigenvalue weighted by molar-refractivity contribution is 6.00. The summed E-state index contributed by atoms with van der Waals surface area (Å²) in [4.78, 5) is 31.3. The van der Waals surface area contributed by atoms with Crippen molar-refractivity contribution in [2.45, 2.75) is 19.4 Å². The van der Waals surface area contributed by atoms with Crippen LogP contribution in [0, 0.1) is 0 Å². The summed E-state index contributed by atoms with van der Waals surface area (Å²) in [5, 5.41) is 4.33. The summed E-state index contributed by atoms with van der Waals surface area (Å²) in [5.41, 5.74) is 3.24. The molecule has 0 spiro atoms. The van der Waals surface area contributed by atoms with Crippen LogP contribution in [0.25, 0.3) is 21.8 Å². The van der Waals surface area contributed by atoms with Crippen LogP contribution in [0.3, 0.4) is 0 Å². The summed E-state index contributed by atoms with van der Waals surface area (Å²) in [6.07, 6.45) is 0. The maximum Gasteiger partial charge on any atom is 0.252 e. The van der Waals surface area contributed by atoms with Gasteiger partial charge in [-0.05, 0) is 61.9 Å². The summed E-state index contributed by atoms with van der Waals surface area (Å²) in [6.45, 7) is 5.43. The molecule has 3 aromatic carbocycles. The Bertz CT molecular complexity index is 1420. The number of hydrogen-bond acceptors (Lipinski definition) is 4. The predicted octanol–water partition coefficient (Wildman–Crippen LogP) is 4.18. The van der Waals surface area contributed by atoms with Crippen LogP contribution < -0.4 is 20.4 Å². The molecule has 6 heteroatoms. The number of carbonyl (C=O) groups is 1. The molecule has 0 bridgehead atoms. The van der Waals surface area contributed by atoms with Crippen molar-refractivity contribution in [1.82, 2.24) is 10.3 Å². The van der Waals surface area contributed by atoms with Crippen molar-refractivity contribution in [1.29, 1.82) is 0 Å². The monoisotopic (exact) mass is 427 g/mol. The number of anilines is 1. The lowest BCUT2D eigenvalue weighted by Crippen LogP contribution is -2.41. The van der Waals surface area contributed by atoms with Crippen molar-refractivity contribution in [2.24, 2.45) is 0 Å². The number of rotatable bonds is 3. The van der Waals surface area contributed by atoms with Gasteiger partial charge >= 0.3 is 0 Å². The number of nitrogens with one attached hydrogen (secondary N) is 2. The number of nitrogens with zero attached hydrogens (tertiary/aromatic N) is 1. The van der Waals surface area contributed by atoms with E-state index in [0.717, 1.165) is 29.1 Å². The van der Waals surface area contributed by atoms with E-state index in [1.54, 1.807) is 24.3 Å². The molecule has 0 atom stereocenters. The summed E-state index contributed by atoms with van der Waals surface area (Å²) >= 11 is 0. The van der Waals surface area contributed by atoms with Crippen LogP contribution >= 0.6 is 0 Å². The van der Waals surface area contributed by atoms with E-state index < -0.39 is 5.54 Å². The number of pyridine rings is 1. The number of carbonyl (C=O) groups excluding carboxylic acids is 1. The number of H-pyrrole nitrogens is 1. The molecular formula is C26H25N3O3. The van der Waals surface area contributed by atoms with E-state index in [9.17, 15) is 9.59 Å². The number of amides is 1. The number of aromatic amines is 1. The Morgan fingerprint density at radius 1 is 1.03 bits per heavy atom. The van der Waals surface area contributed by atoms with Gasteiger partial charge in [-0.15, -0.1) is 0 Å². The second-order valence-electron chi connectivity index (χ2n) is 8.79. The van der Waals surface area contributed by atoms with Gasteiger partial charge in [-0.25, -0.2) is 0 Å². The molecule has 6 nitrogen and oxygen atoms in total. The molecule has 1 aliphatic heterocycles. The molecule has 2 N–H and O–H groups in total. The van der Waals surface area contributed by atoms with E-state index in [4.69, 9.17) is 4.74 Å². The molecule has 1 aliphatic rings. The van der Waals surface area contributed by atoms with Gasteiger partial charge in [-0.2, -0.15) is 0 Å². The smallest absolute Gasteiger partial charge is 0.252 e. The fraction of sp³-hybridized carbons (Fsp3) is 0.231. The van der Waals surface area contributed by atoms with Crippen molar-refractivity contribution < 1.29 is 9.53 Å². The molecule has 0 radical (unpaired) electrons. The lowest BCUT2D eigenvalue weighted by atomic mass is 9.92. The number of likely N-dealkylation sites (N-methyl/N-ethyl adjacent to an activating group) is 1. The molecule has 0 saturated carbocycles. The number of aromatic nitrogens is 1. The number of ether oxygens (including phenoxy) is 1. The Labute approximate surface area is 185 Å². The van der Waals surface area contributed by atoms with E-state index in [1.807, 2.05) is 57.3 Å². The first-order chi connectivity index (χ1) is 15.3. The molecule has 0 fully saturated rings. The molecule has 4 aromatic rings. The van der Waals surface area contributed by atoms with Gasteiger partial charge < -0.3 is 19.9 Å². The van der Waals surface area contributed by atoms with Crippen LogP contribution in [0.2, 0.25) is 0 Å². The van der Waals surface area contributed by atoms with Crippen LogP contribution in [0.5, 0.6) is 5.75 Å². The Kier molecular flexibility index (Phi) is 4.66. The second-order valence-corrected chi connectivity index (χ2v) is 8.79. The average Bonchev–Trinajstić information content (AvgIpc) is 2.78. The van der Waals surface area contributed by atoms with Gasteiger partial charge in [-0.1, -0.05) is 18.2 Å². The van der Waals surface area contributed by atoms with Crippen LogP contribution in [-0.2, 0) is 5.54 Å². The quantitative estimate of drug-likeness (QED) is 0.481. The zero-order valence-electron chi connectivity index (χ0n) is 18.4. The highest BCUT2D eigenvalue weighted by atomic mass is 16.5. The van der Waals surface area contributed by atoms with Gasteiger partial charge in [-0.3, -0.25) is 9.59 Å². The first kappa shape index (κ1) is 20.1. The van der Waals surface area contributed by atoms with Crippen molar-refractivity contribution in [3.8, 4) is 5.75 Å². The summed E-state index contributed by atoms with van der Waals surface area (Å²) < 4.78 is 5.83. The fourth-order valence-corrected chi connectivity index (χ4v) is 4.24. The minimum Gasteiger partial charge on any atom is -0.490 e. The third-order valence-corrected chi connectivity index (χ3v) is 6.17. The SMILES string of the molecule is CN1CCOc2cc(C(C)(C)NC(=O)c3ccc4c(=O)c5ccccc5[nH]c4c3)ccc21. The van der Waals surface area contributed by atoms with Gasteiger partial charge in [0.15, 0.2) is 5.43 Å². The van der Waals surface area contributed by atoms with Crippen molar-refractivity contribution in [3.63, 3.8) is 0 Å². The number of benzene rings is 3. The summed E-state index contributed by atoms with van der Waals surface area (Å²) in [5.74, 6) is 0.621. The molecule has 0 saturated heterocycles. The lowest BCUT2D eigenvalue weighted by Gasteiger charge is -2.31. The van der Waals surface area contributed by atoms with Gasteiger partial charge in [0.1, 0.15) is 12.4 Å². The highest BCUT2D eigenvalue weighted by Gasteiger charge is 2.26. The molecule has 5 rings (SSSR count). The molecule has 1 amide bonds. The molecule has 0 aliphatic carbocycles. The standard InChI is InChI=1S/C26H25N3O3/c1-26(2,17-9-11-22-23(15-17)32-13-12-29(22)3)28-25(31)16-8-10-19-21(14-16)27-20-7-5-4-6-18(20)24(19)30/h4-11,14-15H,12-13H2,1-3H3,(H,27,30)(H,28,31). The third kappa shape index (κ3) is 3.38. The molecule has 162 valence electrons. The summed E-state index contributed by atoms with van der Waals surface area (Å²) in [7, 11) is 2.04. The van der Waals surface area contributed by atoms with Crippen molar-refractivity contribution in [2.75, 3.05) is 25.1 Å². The van der Waals surface area contributed by atoms with E-state index in [-0.39, 0.29) is 11.3 Å². The minimum atomic E-state index is -0.614. The Balaban J connectivity index is 1.46. The van der Waals surface area contributed by atoms with Crippen molar-refractivity contribution >= 4 is 33.4 Å². The Morgan fingerprint density at radius 3 is 2.66 bits per heavy atom. The third-order valence-electron chi connectivity index (χ3n) is 6.17. The normalized spacial score (nSPS) is 13.7. The predicted molar refractivity (Wildman–Crippen MR) is 128 cm³/mol. The van der Waals surface area contributed by atoms with Crippen LogP contribution in [0.1, 0.15) is 29.8 Å². The number of hydrogen-bond donors (Lipinski definition) is 2. The largest absolute Gasteiger partial charge is 0.490 e. The Hall–Kier alpha value is -3.80. The maximum atomic E-state index is 13.1. The van der Waals surface area contributed by atoms with E-state index in [2.05, 4.69) is 15.2 Å². The highest BCUT2D eigenvalue weighted by Crippen LogP contribution is 2.34. The first-order valence-corrected chi connectivity index (χ1v) is 10.7. The van der Waals surface area contributed by atoms with Gasteiger partial charge in [0.2, 0.25) is 0 Å².